The predicted octanol–water partition coefficient (Wildman–Crippen LogP) is 2.08. The summed E-state index contributed by atoms with van der Waals surface area (Å²) in [6, 6.07) is 7.77. The molecular formula is C17H23N5O2S. The van der Waals surface area contributed by atoms with E-state index < -0.39 is 0 Å². The number of aromatic nitrogens is 3. The molecule has 8 heteroatoms. The van der Waals surface area contributed by atoms with E-state index in [9.17, 15) is 4.79 Å². The molecule has 0 bridgehead atoms. The zero-order valence-electron chi connectivity index (χ0n) is 14.7. The molecule has 1 saturated heterocycles. The van der Waals surface area contributed by atoms with Gasteiger partial charge < -0.3 is 15.0 Å². The van der Waals surface area contributed by atoms with Crippen LogP contribution in [0.3, 0.4) is 0 Å². The SMILES string of the molecule is Cc1cccc(NC(=O)C(C)Sc2nnc(N3CCOCC3)n2C)c1. The molecule has 2 aromatic rings. The van der Waals surface area contributed by atoms with Crippen LogP contribution >= 0.6 is 11.8 Å². The molecule has 2 heterocycles. The first-order chi connectivity index (χ1) is 12.0. The summed E-state index contributed by atoms with van der Waals surface area (Å²) in [6.07, 6.45) is 0. The Bertz CT molecular complexity index is 742. The Hall–Kier alpha value is -2.06. The molecule has 25 heavy (non-hydrogen) atoms. The summed E-state index contributed by atoms with van der Waals surface area (Å²) in [5.74, 6) is 0.767. The van der Waals surface area contributed by atoms with Crippen LogP contribution in [0.4, 0.5) is 11.6 Å². The van der Waals surface area contributed by atoms with Crippen molar-refractivity contribution in [3.05, 3.63) is 29.8 Å². The van der Waals surface area contributed by atoms with E-state index in [0.29, 0.717) is 13.2 Å². The number of carbonyl (C=O) groups excluding carboxylic acids is 1. The number of rotatable bonds is 5. The Kier molecular flexibility index (Phi) is 5.60. The third kappa shape index (κ3) is 4.32. The normalized spacial score (nSPS) is 15.9. The van der Waals surface area contributed by atoms with Gasteiger partial charge in [-0.2, -0.15) is 0 Å². The summed E-state index contributed by atoms with van der Waals surface area (Å²) in [7, 11) is 1.93. The number of carbonyl (C=O) groups is 1. The van der Waals surface area contributed by atoms with Gasteiger partial charge in [0.15, 0.2) is 5.16 Å². The Labute approximate surface area is 151 Å². The minimum absolute atomic E-state index is 0.0495. The van der Waals surface area contributed by atoms with Crippen molar-refractivity contribution < 1.29 is 9.53 Å². The molecule has 134 valence electrons. The van der Waals surface area contributed by atoms with Gasteiger partial charge in [0.2, 0.25) is 11.9 Å². The third-order valence-electron chi connectivity index (χ3n) is 4.04. The number of ether oxygens (including phenoxy) is 1. The van der Waals surface area contributed by atoms with Crippen molar-refractivity contribution in [1.82, 2.24) is 14.8 Å². The van der Waals surface area contributed by atoms with E-state index >= 15 is 0 Å². The lowest BCUT2D eigenvalue weighted by atomic mass is 10.2. The van der Waals surface area contributed by atoms with Crippen molar-refractivity contribution in [2.45, 2.75) is 24.3 Å². The highest BCUT2D eigenvalue weighted by atomic mass is 32.2. The topological polar surface area (TPSA) is 72.3 Å². The van der Waals surface area contributed by atoms with Gasteiger partial charge in [-0.25, -0.2) is 0 Å². The Morgan fingerprint density at radius 1 is 1.32 bits per heavy atom. The van der Waals surface area contributed by atoms with Crippen LogP contribution in [0.25, 0.3) is 0 Å². The number of nitrogens with zero attached hydrogens (tertiary/aromatic N) is 4. The molecule has 0 radical (unpaired) electrons. The molecule has 1 aromatic carbocycles. The fourth-order valence-corrected chi connectivity index (χ4v) is 3.44. The molecule has 0 saturated carbocycles. The molecule has 1 aliphatic heterocycles. The smallest absolute Gasteiger partial charge is 0.237 e. The largest absolute Gasteiger partial charge is 0.378 e. The molecular weight excluding hydrogens is 338 g/mol. The van der Waals surface area contributed by atoms with Crippen LogP contribution < -0.4 is 10.2 Å². The number of benzene rings is 1. The average molecular weight is 361 g/mol. The maximum Gasteiger partial charge on any atom is 0.237 e. The minimum Gasteiger partial charge on any atom is -0.378 e. The number of amides is 1. The van der Waals surface area contributed by atoms with Gasteiger partial charge in [0, 0.05) is 25.8 Å². The molecule has 1 unspecified atom stereocenters. The van der Waals surface area contributed by atoms with E-state index in [4.69, 9.17) is 4.74 Å². The fraction of sp³-hybridized carbons (Fsp3) is 0.471. The van der Waals surface area contributed by atoms with Gasteiger partial charge in [-0.1, -0.05) is 23.9 Å². The quantitative estimate of drug-likeness (QED) is 0.822. The van der Waals surface area contributed by atoms with Crippen LogP contribution in [0.1, 0.15) is 12.5 Å². The van der Waals surface area contributed by atoms with Crippen molar-refractivity contribution in [2.24, 2.45) is 7.05 Å². The van der Waals surface area contributed by atoms with Crippen molar-refractivity contribution in [3.8, 4) is 0 Å². The molecule has 1 amide bonds. The van der Waals surface area contributed by atoms with Crippen molar-refractivity contribution in [2.75, 3.05) is 36.5 Å². The number of thioether (sulfide) groups is 1. The van der Waals surface area contributed by atoms with Crippen molar-refractivity contribution in [3.63, 3.8) is 0 Å². The lowest BCUT2D eigenvalue weighted by Gasteiger charge is -2.27. The lowest BCUT2D eigenvalue weighted by molar-refractivity contribution is -0.115. The maximum atomic E-state index is 12.4. The molecule has 1 aliphatic rings. The highest BCUT2D eigenvalue weighted by Crippen LogP contribution is 2.25. The zero-order valence-corrected chi connectivity index (χ0v) is 15.5. The second-order valence-corrected chi connectivity index (χ2v) is 7.37. The number of morpholine rings is 1. The first kappa shape index (κ1) is 17.8. The first-order valence-corrected chi connectivity index (χ1v) is 9.19. The zero-order chi connectivity index (χ0) is 17.8. The molecule has 1 atom stereocenters. The van der Waals surface area contributed by atoms with Gasteiger partial charge in [-0.3, -0.25) is 9.36 Å². The van der Waals surface area contributed by atoms with E-state index in [0.717, 1.165) is 35.4 Å². The van der Waals surface area contributed by atoms with Gasteiger partial charge in [0.05, 0.1) is 18.5 Å². The van der Waals surface area contributed by atoms with Crippen LogP contribution in [-0.2, 0) is 16.6 Å². The predicted molar refractivity (Wildman–Crippen MR) is 99.2 cm³/mol. The van der Waals surface area contributed by atoms with Crippen LogP contribution in [0, 0.1) is 6.92 Å². The number of aryl methyl sites for hydroxylation is 1. The van der Waals surface area contributed by atoms with Crippen molar-refractivity contribution >= 4 is 29.3 Å². The first-order valence-electron chi connectivity index (χ1n) is 8.31. The second kappa shape index (κ2) is 7.88. The van der Waals surface area contributed by atoms with E-state index in [1.54, 1.807) is 0 Å². The van der Waals surface area contributed by atoms with E-state index in [2.05, 4.69) is 20.4 Å². The number of anilines is 2. The van der Waals surface area contributed by atoms with Crippen LogP contribution in [0.15, 0.2) is 29.4 Å². The minimum atomic E-state index is -0.277. The highest BCUT2D eigenvalue weighted by molar-refractivity contribution is 8.00. The number of nitrogens with one attached hydrogen (secondary N) is 1. The summed E-state index contributed by atoms with van der Waals surface area (Å²) in [5.41, 5.74) is 1.92. The van der Waals surface area contributed by atoms with Crippen LogP contribution in [0.5, 0.6) is 0 Å². The average Bonchev–Trinajstić information content (AvgIpc) is 2.96. The van der Waals surface area contributed by atoms with Crippen LogP contribution in [0.2, 0.25) is 0 Å². The van der Waals surface area contributed by atoms with E-state index in [1.807, 2.05) is 49.7 Å². The summed E-state index contributed by atoms with van der Waals surface area (Å²) in [4.78, 5) is 14.6. The molecule has 7 nitrogen and oxygen atoms in total. The van der Waals surface area contributed by atoms with Gasteiger partial charge in [0.1, 0.15) is 0 Å². The monoisotopic (exact) mass is 361 g/mol. The fourth-order valence-electron chi connectivity index (χ4n) is 2.63. The van der Waals surface area contributed by atoms with Gasteiger partial charge in [-0.05, 0) is 31.5 Å². The standard InChI is InChI=1S/C17H23N5O2S/c1-12-5-4-6-14(11-12)18-15(23)13(2)25-17-20-19-16(21(17)3)22-7-9-24-10-8-22/h4-6,11,13H,7-10H2,1-3H3,(H,18,23). The van der Waals surface area contributed by atoms with Crippen molar-refractivity contribution in [1.29, 1.82) is 0 Å². The summed E-state index contributed by atoms with van der Waals surface area (Å²) in [6.45, 7) is 6.88. The third-order valence-corrected chi connectivity index (χ3v) is 5.18. The Balaban J connectivity index is 1.63. The van der Waals surface area contributed by atoms with E-state index in [1.165, 1.54) is 11.8 Å². The number of hydrogen-bond donors (Lipinski definition) is 1. The summed E-state index contributed by atoms with van der Waals surface area (Å²) >= 11 is 1.41. The maximum absolute atomic E-state index is 12.4. The summed E-state index contributed by atoms with van der Waals surface area (Å²) in [5, 5.41) is 11.9. The van der Waals surface area contributed by atoms with Gasteiger partial charge in [-0.15, -0.1) is 10.2 Å². The van der Waals surface area contributed by atoms with E-state index in [-0.39, 0.29) is 11.2 Å². The van der Waals surface area contributed by atoms with Crippen LogP contribution in [-0.4, -0.2) is 52.2 Å². The molecule has 1 N–H and O–H groups in total. The van der Waals surface area contributed by atoms with Gasteiger partial charge >= 0.3 is 0 Å². The number of hydrogen-bond acceptors (Lipinski definition) is 6. The summed E-state index contributed by atoms with van der Waals surface area (Å²) < 4.78 is 7.31. The van der Waals surface area contributed by atoms with Gasteiger partial charge in [0.25, 0.3) is 0 Å². The molecule has 0 aliphatic carbocycles. The second-order valence-electron chi connectivity index (χ2n) is 6.06. The Morgan fingerprint density at radius 2 is 2.08 bits per heavy atom. The molecule has 1 fully saturated rings. The lowest BCUT2D eigenvalue weighted by Crippen LogP contribution is -2.37. The highest BCUT2D eigenvalue weighted by Gasteiger charge is 2.22. The molecule has 1 aromatic heterocycles. The Morgan fingerprint density at radius 3 is 2.80 bits per heavy atom. The molecule has 3 rings (SSSR count). The molecule has 0 spiro atoms.